The molecule has 2 heterocycles. The SMILES string of the molecule is CC(C)NC(=O)N1CCN(S(=O)(=O)Cc2ccccc2)C[C@@]2(CNC(=O)C2)C1. The molecule has 2 fully saturated rings. The number of carbonyl (C=O) groups excluding carboxylic acids is 2. The van der Waals surface area contributed by atoms with Crippen LogP contribution in [0.4, 0.5) is 4.79 Å². The Hall–Kier alpha value is -2.13. The molecule has 2 aliphatic rings. The number of hydrogen-bond donors (Lipinski definition) is 2. The van der Waals surface area contributed by atoms with Gasteiger partial charge in [-0.15, -0.1) is 0 Å². The largest absolute Gasteiger partial charge is 0.355 e. The van der Waals surface area contributed by atoms with E-state index in [1.54, 1.807) is 17.0 Å². The summed E-state index contributed by atoms with van der Waals surface area (Å²) >= 11 is 0. The first-order chi connectivity index (χ1) is 13.2. The van der Waals surface area contributed by atoms with Gasteiger partial charge < -0.3 is 15.5 Å². The predicted molar refractivity (Wildman–Crippen MR) is 106 cm³/mol. The van der Waals surface area contributed by atoms with E-state index < -0.39 is 15.4 Å². The van der Waals surface area contributed by atoms with E-state index in [1.807, 2.05) is 32.0 Å². The van der Waals surface area contributed by atoms with Crippen molar-refractivity contribution >= 4 is 22.0 Å². The van der Waals surface area contributed by atoms with Gasteiger partial charge in [-0.2, -0.15) is 4.31 Å². The summed E-state index contributed by atoms with van der Waals surface area (Å²) in [5.41, 5.74) is 0.113. The molecule has 0 radical (unpaired) electrons. The summed E-state index contributed by atoms with van der Waals surface area (Å²) in [7, 11) is -3.58. The van der Waals surface area contributed by atoms with Gasteiger partial charge in [-0.05, 0) is 19.4 Å². The first-order valence-corrected chi connectivity index (χ1v) is 11.1. The van der Waals surface area contributed by atoms with Crippen LogP contribution in [0.5, 0.6) is 0 Å². The minimum Gasteiger partial charge on any atom is -0.355 e. The summed E-state index contributed by atoms with van der Waals surface area (Å²) < 4.78 is 27.6. The Bertz CT molecular complexity index is 828. The van der Waals surface area contributed by atoms with Crippen molar-refractivity contribution in [3.8, 4) is 0 Å². The van der Waals surface area contributed by atoms with Gasteiger partial charge in [0.15, 0.2) is 0 Å². The number of carbonyl (C=O) groups is 2. The van der Waals surface area contributed by atoms with Crippen molar-refractivity contribution in [1.82, 2.24) is 19.8 Å². The van der Waals surface area contributed by atoms with Gasteiger partial charge >= 0.3 is 6.03 Å². The molecule has 2 aliphatic heterocycles. The zero-order chi connectivity index (χ0) is 20.4. The van der Waals surface area contributed by atoms with E-state index in [9.17, 15) is 18.0 Å². The molecule has 0 aliphatic carbocycles. The molecule has 0 unspecified atom stereocenters. The van der Waals surface area contributed by atoms with Crippen LogP contribution in [0.1, 0.15) is 25.8 Å². The monoisotopic (exact) mass is 408 g/mol. The lowest BCUT2D eigenvalue weighted by atomic mass is 9.86. The maximum Gasteiger partial charge on any atom is 0.317 e. The number of urea groups is 1. The fraction of sp³-hybridized carbons (Fsp3) is 0.579. The summed E-state index contributed by atoms with van der Waals surface area (Å²) in [5.74, 6) is -0.199. The van der Waals surface area contributed by atoms with E-state index >= 15 is 0 Å². The van der Waals surface area contributed by atoms with Crippen LogP contribution in [0.15, 0.2) is 30.3 Å². The Labute approximate surface area is 166 Å². The minimum absolute atomic E-state index is 0.0204. The molecule has 1 aromatic rings. The maximum atomic E-state index is 13.1. The Morgan fingerprint density at radius 3 is 2.54 bits per heavy atom. The Kier molecular flexibility index (Phi) is 5.95. The molecule has 0 bridgehead atoms. The molecule has 0 aromatic heterocycles. The first kappa shape index (κ1) is 20.6. The highest BCUT2D eigenvalue weighted by Gasteiger charge is 2.46. The molecule has 8 nitrogen and oxygen atoms in total. The number of sulfonamides is 1. The normalized spacial score (nSPS) is 23.7. The van der Waals surface area contributed by atoms with Gasteiger partial charge in [0.25, 0.3) is 0 Å². The number of nitrogens with zero attached hydrogens (tertiary/aromatic N) is 2. The fourth-order valence-corrected chi connectivity index (χ4v) is 5.45. The van der Waals surface area contributed by atoms with Crippen LogP contribution in [0, 0.1) is 5.41 Å². The quantitative estimate of drug-likeness (QED) is 0.768. The van der Waals surface area contributed by atoms with E-state index in [4.69, 9.17) is 0 Å². The number of hydrogen-bond acceptors (Lipinski definition) is 4. The van der Waals surface area contributed by atoms with Gasteiger partial charge in [0, 0.05) is 50.6 Å². The third-order valence-electron chi connectivity index (χ3n) is 5.14. The highest BCUT2D eigenvalue weighted by atomic mass is 32.2. The molecule has 3 rings (SSSR count). The number of rotatable bonds is 4. The standard InChI is InChI=1S/C19H28N4O4S/c1-15(2)21-18(25)22-8-9-23(14-19(13-22)10-17(24)20-12-19)28(26,27)11-16-6-4-3-5-7-16/h3-7,15H,8-14H2,1-2H3,(H,20,24)(H,21,25)/t19-/m0/s1. The molecule has 28 heavy (non-hydrogen) atoms. The van der Waals surface area contributed by atoms with Gasteiger partial charge in [0.05, 0.1) is 5.75 Å². The molecular formula is C19H28N4O4S. The second kappa shape index (κ2) is 8.08. The van der Waals surface area contributed by atoms with Crippen molar-refractivity contribution in [2.24, 2.45) is 5.41 Å². The van der Waals surface area contributed by atoms with E-state index in [1.165, 1.54) is 4.31 Å². The predicted octanol–water partition coefficient (Wildman–Crippen LogP) is 0.758. The van der Waals surface area contributed by atoms with Crippen molar-refractivity contribution in [3.05, 3.63) is 35.9 Å². The van der Waals surface area contributed by atoms with Crippen LogP contribution in [-0.4, -0.2) is 68.3 Å². The van der Waals surface area contributed by atoms with Crippen molar-refractivity contribution in [3.63, 3.8) is 0 Å². The zero-order valence-electron chi connectivity index (χ0n) is 16.3. The third-order valence-corrected chi connectivity index (χ3v) is 6.93. The smallest absolute Gasteiger partial charge is 0.317 e. The van der Waals surface area contributed by atoms with Crippen LogP contribution in [0.2, 0.25) is 0 Å². The summed E-state index contributed by atoms with van der Waals surface area (Å²) in [6, 6.07) is 8.79. The third kappa shape index (κ3) is 4.82. The molecule has 2 saturated heterocycles. The van der Waals surface area contributed by atoms with Crippen molar-refractivity contribution < 1.29 is 18.0 Å². The lowest BCUT2D eigenvalue weighted by Crippen LogP contribution is -2.48. The van der Waals surface area contributed by atoms with E-state index in [-0.39, 0.29) is 43.2 Å². The summed E-state index contributed by atoms with van der Waals surface area (Å²) in [6.45, 7) is 5.22. The molecule has 154 valence electrons. The van der Waals surface area contributed by atoms with Gasteiger partial charge in [-0.25, -0.2) is 13.2 Å². The molecule has 3 amide bonds. The molecule has 9 heteroatoms. The van der Waals surface area contributed by atoms with Crippen LogP contribution >= 0.6 is 0 Å². The van der Waals surface area contributed by atoms with Gasteiger partial charge in [0.1, 0.15) is 0 Å². The van der Waals surface area contributed by atoms with Gasteiger partial charge in [0.2, 0.25) is 15.9 Å². The molecule has 1 aromatic carbocycles. The average molecular weight is 409 g/mol. The topological polar surface area (TPSA) is 98.8 Å². The van der Waals surface area contributed by atoms with Crippen LogP contribution in [0.3, 0.4) is 0 Å². The Morgan fingerprint density at radius 2 is 1.93 bits per heavy atom. The lowest BCUT2D eigenvalue weighted by Gasteiger charge is -2.32. The second-order valence-electron chi connectivity index (χ2n) is 8.05. The average Bonchev–Trinajstić information content (AvgIpc) is 2.85. The highest BCUT2D eigenvalue weighted by Crippen LogP contribution is 2.32. The van der Waals surface area contributed by atoms with Crippen LogP contribution in [0.25, 0.3) is 0 Å². The summed E-state index contributed by atoms with van der Waals surface area (Å²) in [4.78, 5) is 26.1. The van der Waals surface area contributed by atoms with Crippen LogP contribution in [-0.2, 0) is 20.6 Å². The van der Waals surface area contributed by atoms with Crippen LogP contribution < -0.4 is 10.6 Å². The second-order valence-corrected chi connectivity index (χ2v) is 10.0. The Morgan fingerprint density at radius 1 is 1.21 bits per heavy atom. The zero-order valence-corrected chi connectivity index (χ0v) is 17.2. The number of nitrogens with one attached hydrogen (secondary N) is 2. The molecular weight excluding hydrogens is 380 g/mol. The molecule has 2 N–H and O–H groups in total. The molecule has 0 saturated carbocycles. The van der Waals surface area contributed by atoms with Crippen molar-refractivity contribution in [2.45, 2.75) is 32.1 Å². The van der Waals surface area contributed by atoms with E-state index in [2.05, 4.69) is 10.6 Å². The first-order valence-electron chi connectivity index (χ1n) is 9.53. The van der Waals surface area contributed by atoms with Crippen molar-refractivity contribution in [2.75, 3.05) is 32.7 Å². The number of benzene rings is 1. The van der Waals surface area contributed by atoms with Crippen molar-refractivity contribution in [1.29, 1.82) is 0 Å². The van der Waals surface area contributed by atoms with Gasteiger partial charge in [-0.3, -0.25) is 4.79 Å². The summed E-state index contributed by atoms with van der Waals surface area (Å²) in [6.07, 6.45) is 0.218. The highest BCUT2D eigenvalue weighted by molar-refractivity contribution is 7.88. The number of amides is 3. The minimum atomic E-state index is -3.58. The Balaban J connectivity index is 1.83. The molecule has 1 atom stereocenters. The maximum absolute atomic E-state index is 13.1. The lowest BCUT2D eigenvalue weighted by molar-refractivity contribution is -0.119. The summed E-state index contributed by atoms with van der Waals surface area (Å²) in [5, 5.41) is 5.68. The van der Waals surface area contributed by atoms with E-state index in [0.717, 1.165) is 5.56 Å². The van der Waals surface area contributed by atoms with E-state index in [0.29, 0.717) is 19.6 Å². The van der Waals surface area contributed by atoms with Gasteiger partial charge in [-0.1, -0.05) is 30.3 Å². The molecule has 1 spiro atoms. The fourth-order valence-electron chi connectivity index (χ4n) is 3.82.